The van der Waals surface area contributed by atoms with E-state index in [1.807, 2.05) is 4.90 Å². The molecular weight excluding hydrogens is 829 g/mol. The van der Waals surface area contributed by atoms with Gasteiger partial charge in [-0.3, -0.25) is 19.2 Å². The van der Waals surface area contributed by atoms with E-state index >= 15 is 0 Å². The van der Waals surface area contributed by atoms with Crippen LogP contribution in [0.3, 0.4) is 0 Å². The number of methoxy groups -OCH3 is 1. The van der Waals surface area contributed by atoms with Gasteiger partial charge in [0, 0.05) is 105 Å². The van der Waals surface area contributed by atoms with Gasteiger partial charge in [0.25, 0.3) is 11.7 Å². The Kier molecular flexibility index (Phi) is 12.8. The maximum absolute atomic E-state index is 14.8. The molecule has 0 spiro atoms. The topological polar surface area (TPSA) is 239 Å². The van der Waals surface area contributed by atoms with E-state index in [4.69, 9.17) is 28.3 Å². The zero-order valence-corrected chi connectivity index (χ0v) is 37.3. The fourth-order valence-electron chi connectivity index (χ4n) is 8.98. The number of Topliss-reactive ketones (excluding diaryl/α,β-unsaturated/α-hetero) is 1. The summed E-state index contributed by atoms with van der Waals surface area (Å²) in [5.41, 5.74) is -0.703. The molecule has 2 aromatic carbocycles. The molecule has 4 aliphatic heterocycles. The lowest BCUT2D eigenvalue weighted by Gasteiger charge is -2.38. The number of allylic oxidation sites excluding steroid dienone is 2. The number of anilines is 2. The van der Waals surface area contributed by atoms with E-state index in [-0.39, 0.29) is 67.2 Å². The maximum atomic E-state index is 14.8. The van der Waals surface area contributed by atoms with Gasteiger partial charge in [0.1, 0.15) is 40.3 Å². The molecule has 1 amide bonds. The van der Waals surface area contributed by atoms with Crippen LogP contribution in [-0.4, -0.2) is 107 Å². The van der Waals surface area contributed by atoms with Crippen molar-refractivity contribution in [2.24, 2.45) is 23.7 Å². The summed E-state index contributed by atoms with van der Waals surface area (Å²) in [6, 6.07) is 3.21. The summed E-state index contributed by atoms with van der Waals surface area (Å²) in [7, 11) is 1.43. The number of rotatable bonds is 3. The normalized spacial score (nSPS) is 30.2. The standard InChI is InChI=1S/C47H56N4O13/c1-21-11-10-12-22(2)46(59)50-37-41(57)33-32(36-44(37)63-31-20-28(19-29(53)35(31)49-36)51-16-14-48-15-17-51)34-43(26(6)40(33)56)64-47(8,45(34)58)61-18-13-30(60-9)23(3)42(62-27(7)52)25(5)39(55)24(4)38(21)54/h10-13,18-21,23-25,30,38-39,42,48,53-56H,14-17H2,1-9H3,(H,50,59)/b11-10+,18-13+,22-12-/t21-,23+,24+,25+,30-,38-,39+,42+,47-/m0/s1. The second-order valence-corrected chi connectivity index (χ2v) is 17.3. The van der Waals surface area contributed by atoms with Crippen LogP contribution in [0.1, 0.15) is 64.4 Å². The van der Waals surface area contributed by atoms with E-state index < -0.39 is 82.7 Å². The second kappa shape index (κ2) is 17.9. The quantitative estimate of drug-likeness (QED) is 0.0895. The summed E-state index contributed by atoms with van der Waals surface area (Å²) < 4.78 is 30.3. The molecule has 342 valence electrons. The Hall–Kier alpha value is -6.01. The van der Waals surface area contributed by atoms with Gasteiger partial charge < -0.3 is 59.3 Å². The number of hydrogen-bond acceptors (Lipinski definition) is 16. The van der Waals surface area contributed by atoms with Crippen molar-refractivity contribution in [2.75, 3.05) is 43.5 Å². The number of phenols is 2. The number of benzene rings is 3. The van der Waals surface area contributed by atoms with Gasteiger partial charge in [0.2, 0.25) is 5.43 Å². The predicted molar refractivity (Wildman–Crippen MR) is 238 cm³/mol. The number of phenolic OH excluding ortho intramolecular Hbond substituents is 2. The van der Waals surface area contributed by atoms with Crippen LogP contribution in [0.25, 0.3) is 33.3 Å². The second-order valence-electron chi connectivity index (χ2n) is 17.3. The fourth-order valence-corrected chi connectivity index (χ4v) is 8.98. The van der Waals surface area contributed by atoms with Crippen LogP contribution in [0.4, 0.5) is 11.4 Å². The predicted octanol–water partition coefficient (Wildman–Crippen LogP) is 5.06. The summed E-state index contributed by atoms with van der Waals surface area (Å²) in [6.45, 7) is 15.2. The minimum atomic E-state index is -2.08. The first-order chi connectivity index (χ1) is 30.3. The first-order valence-electron chi connectivity index (χ1n) is 21.4. The van der Waals surface area contributed by atoms with E-state index in [0.717, 1.165) is 0 Å². The number of hydrogen-bond donors (Lipinski definition) is 6. The molecule has 1 saturated heterocycles. The number of aliphatic hydroxyl groups is 2. The smallest absolute Gasteiger partial charge is 0.312 e. The van der Waals surface area contributed by atoms with E-state index in [0.29, 0.717) is 31.9 Å². The highest BCUT2D eigenvalue weighted by Gasteiger charge is 2.50. The number of ketones is 1. The third kappa shape index (κ3) is 8.17. The number of nitrogens with one attached hydrogen (secondary N) is 2. The number of ether oxygens (including phenoxy) is 4. The van der Waals surface area contributed by atoms with Gasteiger partial charge in [-0.2, -0.15) is 0 Å². The molecule has 4 heterocycles. The molecule has 4 bridgehead atoms. The van der Waals surface area contributed by atoms with Gasteiger partial charge >= 0.3 is 11.8 Å². The average molecular weight is 885 g/mol. The molecule has 7 rings (SSSR count). The Morgan fingerprint density at radius 3 is 2.34 bits per heavy atom. The number of piperazine rings is 1. The summed E-state index contributed by atoms with van der Waals surface area (Å²) in [4.78, 5) is 62.7. The first-order valence-corrected chi connectivity index (χ1v) is 21.4. The van der Waals surface area contributed by atoms with Gasteiger partial charge in [-0.05, 0) is 19.9 Å². The molecule has 0 aromatic heterocycles. The van der Waals surface area contributed by atoms with Gasteiger partial charge in [-0.25, -0.2) is 4.98 Å². The molecule has 0 saturated carbocycles. The van der Waals surface area contributed by atoms with Crippen LogP contribution in [0.2, 0.25) is 0 Å². The van der Waals surface area contributed by atoms with Crippen molar-refractivity contribution in [1.29, 1.82) is 0 Å². The largest absolute Gasteiger partial charge is 0.507 e. The first kappa shape index (κ1) is 46.0. The van der Waals surface area contributed by atoms with Crippen LogP contribution >= 0.6 is 0 Å². The number of aromatic nitrogens is 1. The Morgan fingerprint density at radius 1 is 0.969 bits per heavy atom. The van der Waals surface area contributed by atoms with Crippen molar-refractivity contribution in [1.82, 2.24) is 10.3 Å². The van der Waals surface area contributed by atoms with E-state index in [2.05, 4.69) is 10.6 Å². The number of fused-ring (bicyclic) bond motifs is 2. The minimum Gasteiger partial charge on any atom is -0.507 e. The number of esters is 1. The van der Waals surface area contributed by atoms with Gasteiger partial charge in [-0.15, -0.1) is 0 Å². The van der Waals surface area contributed by atoms with Gasteiger partial charge in [0.05, 0.1) is 35.5 Å². The summed E-state index contributed by atoms with van der Waals surface area (Å²) in [5, 5.41) is 51.7. The van der Waals surface area contributed by atoms with Crippen molar-refractivity contribution < 1.29 is 58.2 Å². The summed E-state index contributed by atoms with van der Waals surface area (Å²) in [5.74, 6) is -7.83. The Morgan fingerprint density at radius 2 is 1.67 bits per heavy atom. The Balaban J connectivity index is 1.45. The lowest BCUT2D eigenvalue weighted by atomic mass is 9.78. The number of aromatic hydroxyl groups is 2. The zero-order valence-electron chi connectivity index (χ0n) is 37.3. The number of carbonyl (C=O) groups excluding carboxylic acids is 3. The third-order valence-electron chi connectivity index (χ3n) is 12.9. The molecule has 17 nitrogen and oxygen atoms in total. The van der Waals surface area contributed by atoms with Crippen molar-refractivity contribution in [3.05, 3.63) is 69.6 Å². The highest BCUT2D eigenvalue weighted by molar-refractivity contribution is 6.22. The number of aliphatic hydroxyl groups excluding tert-OH is 2. The van der Waals surface area contributed by atoms with Crippen molar-refractivity contribution in [2.45, 2.75) is 85.6 Å². The van der Waals surface area contributed by atoms with Crippen LogP contribution in [0.15, 0.2) is 57.5 Å². The Labute approximate surface area is 369 Å². The maximum Gasteiger partial charge on any atom is 0.312 e. The average Bonchev–Trinajstić information content (AvgIpc) is 3.54. The van der Waals surface area contributed by atoms with Crippen LogP contribution in [-0.2, 0) is 23.8 Å². The van der Waals surface area contributed by atoms with E-state index in [1.165, 1.54) is 53.2 Å². The van der Waals surface area contributed by atoms with Crippen molar-refractivity contribution in [3.8, 4) is 28.7 Å². The van der Waals surface area contributed by atoms with E-state index in [9.17, 15) is 39.6 Å². The fraction of sp³-hybridized carbons (Fsp3) is 0.468. The third-order valence-corrected chi connectivity index (χ3v) is 12.9. The summed E-state index contributed by atoms with van der Waals surface area (Å²) in [6.07, 6.45) is 3.47. The van der Waals surface area contributed by atoms with E-state index in [1.54, 1.807) is 52.0 Å². The minimum absolute atomic E-state index is 0.0145. The van der Waals surface area contributed by atoms with Crippen LogP contribution in [0, 0.1) is 30.6 Å². The van der Waals surface area contributed by atoms with Crippen molar-refractivity contribution in [3.63, 3.8) is 0 Å². The SMILES string of the molecule is CO[C@H]1/C=C/O[C@@]2(C)Oc3c(C)c(O)c4c(=O)c(c5oc6cc(N7CCNCC7)cc(O)c6nc-5c4c3C2=O)NC(=O)/C(C)=C\C=C\[C@H](C)[C@H](O)[C@@H](C)[C@@H](O)[C@@H](C)[C@H](OC(C)=O)[C@@H]1C. The van der Waals surface area contributed by atoms with Crippen LogP contribution in [0.5, 0.6) is 17.2 Å². The molecule has 17 heteroatoms. The molecule has 5 aliphatic rings. The number of nitrogens with zero attached hydrogens (tertiary/aromatic N) is 2. The molecule has 64 heavy (non-hydrogen) atoms. The molecule has 2 aromatic rings. The number of carbonyl (C=O) groups is 3. The lowest BCUT2D eigenvalue weighted by molar-refractivity contribution is -0.160. The zero-order chi connectivity index (χ0) is 46.5. The summed E-state index contributed by atoms with van der Waals surface area (Å²) >= 11 is 0. The molecule has 6 N–H and O–H groups in total. The highest BCUT2D eigenvalue weighted by atomic mass is 16.7. The monoisotopic (exact) mass is 884 g/mol. The van der Waals surface area contributed by atoms with Crippen molar-refractivity contribution >= 4 is 50.9 Å². The molecule has 1 fully saturated rings. The Bertz CT molecular complexity index is 2630. The number of amides is 1. The van der Waals surface area contributed by atoms with Crippen LogP contribution < -0.4 is 25.7 Å². The molecule has 9 atom stereocenters. The lowest BCUT2D eigenvalue weighted by Crippen LogP contribution is -2.46. The van der Waals surface area contributed by atoms with Gasteiger partial charge in [-0.1, -0.05) is 45.9 Å². The molecule has 0 unspecified atom stereocenters. The highest BCUT2D eigenvalue weighted by Crippen LogP contribution is 2.51. The molecule has 0 radical (unpaired) electrons. The molecule has 1 aliphatic carbocycles. The van der Waals surface area contributed by atoms with Gasteiger partial charge in [0.15, 0.2) is 11.3 Å². The molecular formula is C47H56N4O13.